The van der Waals surface area contributed by atoms with Crippen LogP contribution >= 0.6 is 33.9 Å². The average Bonchev–Trinajstić information content (AvgIpc) is 2.71. The lowest BCUT2D eigenvalue weighted by Crippen LogP contribution is -2.07. The molecule has 1 aliphatic heterocycles. The number of halogens is 1. The van der Waals surface area contributed by atoms with Crippen LogP contribution in [0.4, 0.5) is 0 Å². The zero-order valence-corrected chi connectivity index (χ0v) is 10.6. The van der Waals surface area contributed by atoms with Crippen LogP contribution < -0.4 is 0 Å². The van der Waals surface area contributed by atoms with Gasteiger partial charge in [-0.15, -0.1) is 11.3 Å². The number of aryl methyl sites for hydroxylation is 1. The molecule has 0 aliphatic carbocycles. The smallest absolute Gasteiger partial charge is 0.0840 e. The minimum atomic E-state index is 0.381. The van der Waals surface area contributed by atoms with E-state index in [0.717, 1.165) is 4.43 Å². The van der Waals surface area contributed by atoms with Crippen LogP contribution in [-0.2, 0) is 4.74 Å². The highest BCUT2D eigenvalue weighted by Crippen LogP contribution is 2.36. The van der Waals surface area contributed by atoms with Gasteiger partial charge in [0.2, 0.25) is 0 Å². The second kappa shape index (κ2) is 4.28. The van der Waals surface area contributed by atoms with Crippen LogP contribution in [0, 0.1) is 6.92 Å². The highest BCUT2D eigenvalue weighted by molar-refractivity contribution is 14.1. The van der Waals surface area contributed by atoms with E-state index in [1.165, 1.54) is 23.3 Å². The Morgan fingerprint density at radius 1 is 1.62 bits per heavy atom. The molecule has 1 saturated heterocycles. The molecule has 2 rings (SSSR count). The molecule has 1 nitrogen and oxygen atoms in total. The number of ether oxygens (including phenoxy) is 1. The molecule has 1 aromatic heterocycles. The molecule has 2 unspecified atom stereocenters. The van der Waals surface area contributed by atoms with Gasteiger partial charge in [-0.05, 0) is 36.8 Å². The number of alkyl halides is 1. The molecular weight excluding hydrogens is 295 g/mol. The number of hydrogen-bond acceptors (Lipinski definition) is 2. The van der Waals surface area contributed by atoms with Crippen LogP contribution in [0.1, 0.15) is 29.4 Å². The summed E-state index contributed by atoms with van der Waals surface area (Å²) in [5.41, 5.74) is 1.41. The predicted octanol–water partition coefficient (Wildman–Crippen LogP) is 3.71. The third kappa shape index (κ3) is 2.07. The largest absolute Gasteiger partial charge is 0.369 e. The van der Waals surface area contributed by atoms with Crippen molar-refractivity contribution >= 4 is 33.9 Å². The van der Waals surface area contributed by atoms with Crippen molar-refractivity contribution in [2.45, 2.75) is 32.0 Å². The van der Waals surface area contributed by atoms with Gasteiger partial charge in [-0.1, -0.05) is 22.6 Å². The maximum absolute atomic E-state index is 5.93. The van der Waals surface area contributed by atoms with Crippen molar-refractivity contribution in [3.8, 4) is 0 Å². The molecule has 2 atom stereocenters. The average molecular weight is 308 g/mol. The second-order valence-corrected chi connectivity index (χ2v) is 5.41. The van der Waals surface area contributed by atoms with Crippen LogP contribution in [0.5, 0.6) is 0 Å². The summed E-state index contributed by atoms with van der Waals surface area (Å²) in [6, 6.07) is 2.21. The molecule has 0 saturated carbocycles. The van der Waals surface area contributed by atoms with Gasteiger partial charge in [-0.2, -0.15) is 0 Å². The SMILES string of the molecule is Cc1sccc1C1CCC(CI)O1. The van der Waals surface area contributed by atoms with Gasteiger partial charge in [0.15, 0.2) is 0 Å². The molecule has 0 amide bonds. The lowest BCUT2D eigenvalue weighted by molar-refractivity contribution is 0.0597. The Morgan fingerprint density at radius 3 is 3.00 bits per heavy atom. The van der Waals surface area contributed by atoms with Crippen molar-refractivity contribution in [3.05, 3.63) is 21.9 Å². The first-order chi connectivity index (χ1) is 6.31. The van der Waals surface area contributed by atoms with Crippen LogP contribution in [0.2, 0.25) is 0 Å². The molecule has 0 spiro atoms. The molecule has 1 fully saturated rings. The van der Waals surface area contributed by atoms with Crippen LogP contribution in [0.3, 0.4) is 0 Å². The molecule has 3 heteroatoms. The van der Waals surface area contributed by atoms with E-state index in [0.29, 0.717) is 12.2 Å². The summed E-state index contributed by atoms with van der Waals surface area (Å²) < 4.78 is 7.06. The molecule has 2 heterocycles. The highest BCUT2D eigenvalue weighted by Gasteiger charge is 2.26. The molecule has 1 aliphatic rings. The Morgan fingerprint density at radius 2 is 2.46 bits per heavy atom. The van der Waals surface area contributed by atoms with Gasteiger partial charge >= 0.3 is 0 Å². The number of rotatable bonds is 2. The Balaban J connectivity index is 2.08. The highest BCUT2D eigenvalue weighted by atomic mass is 127. The fourth-order valence-corrected chi connectivity index (χ4v) is 3.18. The van der Waals surface area contributed by atoms with Crippen LogP contribution in [-0.4, -0.2) is 10.5 Å². The summed E-state index contributed by atoms with van der Waals surface area (Å²) in [7, 11) is 0. The van der Waals surface area contributed by atoms with Crippen molar-refractivity contribution in [1.29, 1.82) is 0 Å². The quantitative estimate of drug-likeness (QED) is 0.598. The third-order valence-electron chi connectivity index (χ3n) is 2.53. The monoisotopic (exact) mass is 308 g/mol. The summed E-state index contributed by atoms with van der Waals surface area (Å²) in [4.78, 5) is 1.42. The van der Waals surface area contributed by atoms with Gasteiger partial charge in [0.05, 0.1) is 12.2 Å². The molecule has 0 bridgehead atoms. The molecule has 1 aromatic rings. The molecule has 13 heavy (non-hydrogen) atoms. The van der Waals surface area contributed by atoms with E-state index < -0.39 is 0 Å². The molecule has 0 N–H and O–H groups in total. The van der Waals surface area contributed by atoms with Gasteiger partial charge in [0, 0.05) is 9.30 Å². The van der Waals surface area contributed by atoms with Crippen molar-refractivity contribution in [2.24, 2.45) is 0 Å². The fraction of sp³-hybridized carbons (Fsp3) is 0.600. The molecular formula is C10H13IOS. The van der Waals surface area contributed by atoms with Crippen LogP contribution in [0.25, 0.3) is 0 Å². The predicted molar refractivity (Wildman–Crippen MR) is 64.8 cm³/mol. The Hall–Kier alpha value is 0.390. The van der Waals surface area contributed by atoms with Gasteiger partial charge in [-0.3, -0.25) is 0 Å². The molecule has 0 radical (unpaired) electrons. The Bertz CT molecular complexity index is 284. The Labute approximate surface area is 96.6 Å². The van der Waals surface area contributed by atoms with E-state index in [9.17, 15) is 0 Å². The van der Waals surface area contributed by atoms with Crippen LogP contribution in [0.15, 0.2) is 11.4 Å². The number of thiophene rings is 1. The second-order valence-electron chi connectivity index (χ2n) is 3.41. The van der Waals surface area contributed by atoms with Gasteiger partial charge < -0.3 is 4.74 Å². The van der Waals surface area contributed by atoms with E-state index in [1.54, 1.807) is 0 Å². The summed E-state index contributed by atoms with van der Waals surface area (Å²) in [6.07, 6.45) is 3.30. The minimum absolute atomic E-state index is 0.381. The first-order valence-corrected chi connectivity index (χ1v) is 6.97. The van der Waals surface area contributed by atoms with Crippen molar-refractivity contribution in [2.75, 3.05) is 4.43 Å². The zero-order valence-electron chi connectivity index (χ0n) is 7.63. The first-order valence-electron chi connectivity index (χ1n) is 4.56. The summed E-state index contributed by atoms with van der Waals surface area (Å²) >= 11 is 4.22. The van der Waals surface area contributed by atoms with E-state index >= 15 is 0 Å². The standard InChI is InChI=1S/C10H13IOS/c1-7-9(4-5-13-7)10-3-2-8(6-11)12-10/h4-5,8,10H,2-3,6H2,1H3. The van der Waals surface area contributed by atoms with Crippen molar-refractivity contribution in [3.63, 3.8) is 0 Å². The lowest BCUT2D eigenvalue weighted by atomic mass is 10.1. The van der Waals surface area contributed by atoms with Crippen molar-refractivity contribution < 1.29 is 4.74 Å². The third-order valence-corrected chi connectivity index (χ3v) is 4.37. The van der Waals surface area contributed by atoms with E-state index in [1.807, 2.05) is 11.3 Å². The van der Waals surface area contributed by atoms with Gasteiger partial charge in [-0.25, -0.2) is 0 Å². The van der Waals surface area contributed by atoms with Gasteiger partial charge in [0.25, 0.3) is 0 Å². The van der Waals surface area contributed by atoms with E-state index in [-0.39, 0.29) is 0 Å². The molecule has 72 valence electrons. The maximum Gasteiger partial charge on any atom is 0.0840 e. The normalized spacial score (nSPS) is 28.2. The van der Waals surface area contributed by atoms with E-state index in [2.05, 4.69) is 41.0 Å². The fourth-order valence-electron chi connectivity index (χ4n) is 1.78. The minimum Gasteiger partial charge on any atom is -0.369 e. The topological polar surface area (TPSA) is 9.23 Å². The summed E-state index contributed by atoms with van der Waals surface area (Å²) in [6.45, 7) is 2.18. The number of hydrogen-bond donors (Lipinski definition) is 0. The zero-order chi connectivity index (χ0) is 9.26. The lowest BCUT2D eigenvalue weighted by Gasteiger charge is -2.11. The molecule has 0 aromatic carbocycles. The summed E-state index contributed by atoms with van der Waals surface area (Å²) in [5.74, 6) is 0. The van der Waals surface area contributed by atoms with Gasteiger partial charge in [0.1, 0.15) is 0 Å². The van der Waals surface area contributed by atoms with E-state index in [4.69, 9.17) is 4.74 Å². The maximum atomic E-state index is 5.93. The van der Waals surface area contributed by atoms with Crippen molar-refractivity contribution in [1.82, 2.24) is 0 Å². The first kappa shape index (κ1) is 9.93. The summed E-state index contributed by atoms with van der Waals surface area (Å²) in [5, 5.41) is 2.16. The Kier molecular flexibility index (Phi) is 3.26.